The highest BCUT2D eigenvalue weighted by Crippen LogP contribution is 2.21. The van der Waals surface area contributed by atoms with E-state index in [1.807, 2.05) is 18.2 Å². The molecule has 0 radical (unpaired) electrons. The highest BCUT2D eigenvalue weighted by atomic mass is 16.3. The molecule has 8 heteroatoms. The van der Waals surface area contributed by atoms with Crippen LogP contribution in [0.5, 0.6) is 0 Å². The molecule has 2 aromatic rings. The van der Waals surface area contributed by atoms with Crippen molar-refractivity contribution in [2.45, 2.75) is 38.2 Å². The van der Waals surface area contributed by atoms with E-state index in [2.05, 4.69) is 38.0 Å². The second kappa shape index (κ2) is 9.68. The minimum absolute atomic E-state index is 0.225. The standard InChI is InChI=1S/C20H30N6O2/c1-21-19-18(20(28)22-2)25(14-24-19)13-17(27)26-10-6-9-16(26)12-23-11-15-7-4-3-5-8-15/h3-5,7-8,14,16-17,21,23,27H,6,9-13H2,1-2H3,(H,22,28)/t16-,17?/m0/s1. The number of hydrogen-bond acceptors (Lipinski definition) is 6. The van der Waals surface area contributed by atoms with Crippen molar-refractivity contribution < 1.29 is 9.90 Å². The molecule has 2 atom stereocenters. The number of hydrogen-bond donors (Lipinski definition) is 4. The molecule has 28 heavy (non-hydrogen) atoms. The maximum atomic E-state index is 12.2. The predicted molar refractivity (Wildman–Crippen MR) is 109 cm³/mol. The smallest absolute Gasteiger partial charge is 0.271 e. The Bertz CT molecular complexity index is 763. The van der Waals surface area contributed by atoms with Crippen molar-refractivity contribution >= 4 is 11.7 Å². The lowest BCUT2D eigenvalue weighted by Crippen LogP contribution is -2.46. The van der Waals surface area contributed by atoms with Crippen LogP contribution in [-0.4, -0.2) is 64.9 Å². The van der Waals surface area contributed by atoms with E-state index in [-0.39, 0.29) is 11.9 Å². The first-order valence-corrected chi connectivity index (χ1v) is 9.77. The van der Waals surface area contributed by atoms with Crippen molar-refractivity contribution in [1.29, 1.82) is 0 Å². The molecular weight excluding hydrogens is 356 g/mol. The normalized spacial score (nSPS) is 18.2. The Balaban J connectivity index is 1.59. The van der Waals surface area contributed by atoms with Crippen molar-refractivity contribution in [2.24, 2.45) is 0 Å². The van der Waals surface area contributed by atoms with Gasteiger partial charge in [0, 0.05) is 39.8 Å². The molecule has 152 valence electrons. The van der Waals surface area contributed by atoms with Crippen LogP contribution in [0.1, 0.15) is 28.9 Å². The third-order valence-corrected chi connectivity index (χ3v) is 5.23. The summed E-state index contributed by atoms with van der Waals surface area (Å²) in [7, 11) is 3.31. The van der Waals surface area contributed by atoms with Crippen LogP contribution in [0.2, 0.25) is 0 Å². The van der Waals surface area contributed by atoms with Gasteiger partial charge in [0.1, 0.15) is 6.23 Å². The average Bonchev–Trinajstić information content (AvgIpc) is 3.35. The first-order chi connectivity index (χ1) is 13.6. The SMILES string of the molecule is CNC(=O)c1c(NC)ncn1CC(O)N1CCC[C@H]1CNCc1ccccc1. The minimum atomic E-state index is -0.673. The molecule has 1 amide bonds. The largest absolute Gasteiger partial charge is 0.376 e. The molecule has 0 spiro atoms. The maximum absolute atomic E-state index is 12.2. The number of nitrogens with one attached hydrogen (secondary N) is 3. The topological polar surface area (TPSA) is 94.5 Å². The van der Waals surface area contributed by atoms with E-state index >= 15 is 0 Å². The number of aliphatic hydroxyl groups is 1. The minimum Gasteiger partial charge on any atom is -0.376 e. The fourth-order valence-corrected chi connectivity index (χ4v) is 3.79. The van der Waals surface area contributed by atoms with Crippen LogP contribution in [0.15, 0.2) is 36.7 Å². The lowest BCUT2D eigenvalue weighted by atomic mass is 10.2. The average molecular weight is 387 g/mol. The molecule has 8 nitrogen and oxygen atoms in total. The van der Waals surface area contributed by atoms with Gasteiger partial charge in [-0.15, -0.1) is 0 Å². The van der Waals surface area contributed by atoms with Crippen LogP contribution >= 0.6 is 0 Å². The van der Waals surface area contributed by atoms with Crippen molar-refractivity contribution in [3.63, 3.8) is 0 Å². The number of likely N-dealkylation sites (tertiary alicyclic amines) is 1. The molecule has 3 rings (SSSR count). The van der Waals surface area contributed by atoms with Gasteiger partial charge in [0.2, 0.25) is 0 Å². The maximum Gasteiger partial charge on any atom is 0.271 e. The highest BCUT2D eigenvalue weighted by Gasteiger charge is 2.30. The molecule has 0 aliphatic carbocycles. The third kappa shape index (κ3) is 4.70. The van der Waals surface area contributed by atoms with Crippen LogP contribution in [0.4, 0.5) is 5.82 Å². The summed E-state index contributed by atoms with van der Waals surface area (Å²) in [5.41, 5.74) is 1.68. The summed E-state index contributed by atoms with van der Waals surface area (Å²) in [4.78, 5) is 18.6. The Hall–Kier alpha value is -2.42. The van der Waals surface area contributed by atoms with Crippen molar-refractivity contribution in [1.82, 2.24) is 25.1 Å². The van der Waals surface area contributed by atoms with E-state index in [4.69, 9.17) is 0 Å². The first kappa shape index (κ1) is 20.3. The van der Waals surface area contributed by atoms with Gasteiger partial charge in [-0.2, -0.15) is 0 Å². The Labute approximate surface area is 166 Å². The van der Waals surface area contributed by atoms with Crippen molar-refractivity contribution in [2.75, 3.05) is 32.5 Å². The van der Waals surface area contributed by atoms with Gasteiger partial charge in [-0.25, -0.2) is 4.98 Å². The summed E-state index contributed by atoms with van der Waals surface area (Å²) < 4.78 is 1.71. The lowest BCUT2D eigenvalue weighted by molar-refractivity contribution is -0.0168. The van der Waals surface area contributed by atoms with Gasteiger partial charge in [-0.05, 0) is 18.4 Å². The number of carbonyl (C=O) groups is 1. The summed E-state index contributed by atoms with van der Waals surface area (Å²) >= 11 is 0. The fourth-order valence-electron chi connectivity index (χ4n) is 3.79. The molecule has 1 aromatic heterocycles. The molecular formula is C20H30N6O2. The van der Waals surface area contributed by atoms with Crippen molar-refractivity contribution in [3.8, 4) is 0 Å². The summed E-state index contributed by atoms with van der Waals surface area (Å²) in [6.07, 6.45) is 3.03. The van der Waals surface area contributed by atoms with Gasteiger partial charge >= 0.3 is 0 Å². The number of imidazole rings is 1. The zero-order valence-electron chi connectivity index (χ0n) is 16.6. The molecule has 0 saturated carbocycles. The van der Waals surface area contributed by atoms with Gasteiger partial charge < -0.3 is 25.6 Å². The van der Waals surface area contributed by atoms with Gasteiger partial charge in [-0.1, -0.05) is 30.3 Å². The summed E-state index contributed by atoms with van der Waals surface area (Å²) in [6, 6.07) is 10.6. The van der Waals surface area contributed by atoms with Crippen LogP contribution in [-0.2, 0) is 13.1 Å². The van der Waals surface area contributed by atoms with Gasteiger partial charge in [0.25, 0.3) is 5.91 Å². The second-order valence-corrected chi connectivity index (χ2v) is 7.05. The summed E-state index contributed by atoms with van der Waals surface area (Å²) in [5, 5.41) is 19.9. The molecule has 1 unspecified atom stereocenters. The van der Waals surface area contributed by atoms with Gasteiger partial charge in [0.15, 0.2) is 11.5 Å². The van der Waals surface area contributed by atoms with Crippen LogP contribution < -0.4 is 16.0 Å². The molecule has 2 heterocycles. The number of aliphatic hydroxyl groups excluding tert-OH is 1. The Morgan fingerprint density at radius 3 is 2.82 bits per heavy atom. The van der Waals surface area contributed by atoms with E-state index in [1.165, 1.54) is 5.56 Å². The number of benzene rings is 1. The second-order valence-electron chi connectivity index (χ2n) is 7.05. The summed E-state index contributed by atoms with van der Waals surface area (Å²) in [5.74, 6) is 0.283. The molecule has 1 aromatic carbocycles. The molecule has 1 saturated heterocycles. The molecule has 1 aliphatic heterocycles. The van der Waals surface area contributed by atoms with E-state index < -0.39 is 6.23 Å². The van der Waals surface area contributed by atoms with E-state index in [0.717, 1.165) is 32.5 Å². The van der Waals surface area contributed by atoms with Gasteiger partial charge in [-0.3, -0.25) is 9.69 Å². The van der Waals surface area contributed by atoms with Crippen LogP contribution in [0.3, 0.4) is 0 Å². The number of rotatable bonds is 9. The number of carbonyl (C=O) groups excluding carboxylic acids is 1. The third-order valence-electron chi connectivity index (χ3n) is 5.23. The Kier molecular flexibility index (Phi) is 7.02. The van der Waals surface area contributed by atoms with Crippen LogP contribution in [0.25, 0.3) is 0 Å². The number of aromatic nitrogens is 2. The van der Waals surface area contributed by atoms with Gasteiger partial charge in [0.05, 0.1) is 12.9 Å². The monoisotopic (exact) mass is 386 g/mol. The van der Waals surface area contributed by atoms with E-state index in [9.17, 15) is 9.90 Å². The Morgan fingerprint density at radius 1 is 1.32 bits per heavy atom. The quantitative estimate of drug-likeness (QED) is 0.511. The summed E-state index contributed by atoms with van der Waals surface area (Å²) in [6.45, 7) is 2.78. The highest BCUT2D eigenvalue weighted by molar-refractivity contribution is 5.97. The zero-order chi connectivity index (χ0) is 19.9. The predicted octanol–water partition coefficient (Wildman–Crippen LogP) is 0.857. The number of anilines is 1. The van der Waals surface area contributed by atoms with Crippen LogP contribution in [0, 0.1) is 0 Å². The number of amides is 1. The fraction of sp³-hybridized carbons (Fsp3) is 0.500. The molecule has 4 N–H and O–H groups in total. The zero-order valence-corrected chi connectivity index (χ0v) is 16.6. The molecule has 0 bridgehead atoms. The first-order valence-electron chi connectivity index (χ1n) is 9.77. The van der Waals surface area contributed by atoms with E-state index in [0.29, 0.717) is 18.1 Å². The molecule has 1 fully saturated rings. The molecule has 1 aliphatic rings. The Morgan fingerprint density at radius 2 is 2.11 bits per heavy atom. The number of nitrogens with zero attached hydrogens (tertiary/aromatic N) is 3. The van der Waals surface area contributed by atoms with Crippen molar-refractivity contribution in [3.05, 3.63) is 47.9 Å². The lowest BCUT2D eigenvalue weighted by Gasteiger charge is -2.30. The van der Waals surface area contributed by atoms with E-state index in [1.54, 1.807) is 25.0 Å².